The van der Waals surface area contributed by atoms with Gasteiger partial charge in [-0.15, -0.1) is 0 Å². The fraction of sp³-hybridized carbons (Fsp3) is 0.500. The number of ether oxygens (including phenoxy) is 1. The Morgan fingerprint density at radius 3 is 2.50 bits per heavy atom. The molecule has 2 aromatic rings. The van der Waals surface area contributed by atoms with Crippen LogP contribution in [0.15, 0.2) is 54.6 Å². The van der Waals surface area contributed by atoms with Crippen molar-refractivity contribution in [2.45, 2.75) is 69.8 Å². The first-order valence-corrected chi connectivity index (χ1v) is 14.9. The minimum absolute atomic E-state index is 0.0566. The standard InChI is InChI=1S/C30H40ClN3O5S/c1-19(2)15-25(28(37)33-24(18-35)16-21-13-14-32-27(21)36)40-34-29(38)39-26(20-9-6-5-7-10-20)30(3,4)22-11-8-12-23(31)17-22/h5-12,17,19,21,24-26,35H,13-16,18H2,1-4H3,(H,32,36)(H,33,37)(H,34,38)/t21-,24-,25-,26+/m0/s1. The highest BCUT2D eigenvalue weighted by Gasteiger charge is 2.36. The van der Waals surface area contributed by atoms with Crippen LogP contribution < -0.4 is 15.4 Å². The van der Waals surface area contributed by atoms with Crippen molar-refractivity contribution in [1.82, 2.24) is 15.4 Å². The van der Waals surface area contributed by atoms with Gasteiger partial charge in [0.05, 0.1) is 12.6 Å². The minimum atomic E-state index is -0.670. The second kappa shape index (κ2) is 14.8. The van der Waals surface area contributed by atoms with Gasteiger partial charge in [0.1, 0.15) is 11.4 Å². The number of hydrogen-bond donors (Lipinski definition) is 4. The summed E-state index contributed by atoms with van der Waals surface area (Å²) in [6, 6.07) is 16.4. The number of carbonyl (C=O) groups excluding carboxylic acids is 3. The number of nitrogens with one attached hydrogen (secondary N) is 3. The monoisotopic (exact) mass is 589 g/mol. The van der Waals surface area contributed by atoms with E-state index in [4.69, 9.17) is 16.3 Å². The summed E-state index contributed by atoms with van der Waals surface area (Å²) < 4.78 is 8.72. The molecular formula is C30H40ClN3O5S. The normalized spacial score (nSPS) is 17.6. The second-order valence-electron chi connectivity index (χ2n) is 11.2. The van der Waals surface area contributed by atoms with E-state index < -0.39 is 28.9 Å². The van der Waals surface area contributed by atoms with Crippen molar-refractivity contribution in [2.75, 3.05) is 13.2 Å². The first-order chi connectivity index (χ1) is 19.0. The highest BCUT2D eigenvalue weighted by atomic mass is 35.5. The molecule has 0 unspecified atom stereocenters. The summed E-state index contributed by atoms with van der Waals surface area (Å²) in [5.74, 6) is -0.429. The van der Waals surface area contributed by atoms with Gasteiger partial charge in [-0.1, -0.05) is 81.8 Å². The summed E-state index contributed by atoms with van der Waals surface area (Å²) >= 11 is 7.26. The minimum Gasteiger partial charge on any atom is -0.440 e. The molecule has 8 nitrogen and oxygen atoms in total. The molecule has 0 saturated carbocycles. The van der Waals surface area contributed by atoms with Crippen molar-refractivity contribution in [3.8, 4) is 0 Å². The average molecular weight is 590 g/mol. The van der Waals surface area contributed by atoms with Crippen LogP contribution in [0.25, 0.3) is 0 Å². The maximum atomic E-state index is 13.2. The number of carbonyl (C=O) groups is 3. The molecule has 218 valence electrons. The molecule has 1 heterocycles. The molecule has 4 atom stereocenters. The van der Waals surface area contributed by atoms with Gasteiger partial charge >= 0.3 is 6.09 Å². The van der Waals surface area contributed by atoms with E-state index in [1.165, 1.54) is 0 Å². The van der Waals surface area contributed by atoms with Gasteiger partial charge in [-0.3, -0.25) is 14.3 Å². The number of rotatable bonds is 13. The molecule has 1 aliphatic rings. The van der Waals surface area contributed by atoms with Crippen LogP contribution in [0.1, 0.15) is 64.2 Å². The van der Waals surface area contributed by atoms with Gasteiger partial charge < -0.3 is 20.5 Å². The zero-order chi connectivity index (χ0) is 29.3. The molecule has 10 heteroatoms. The lowest BCUT2D eigenvalue weighted by molar-refractivity contribution is -0.125. The Balaban J connectivity index is 1.69. The van der Waals surface area contributed by atoms with E-state index in [1.54, 1.807) is 6.07 Å². The van der Waals surface area contributed by atoms with Crippen molar-refractivity contribution >= 4 is 41.5 Å². The molecule has 3 rings (SSSR count). The highest BCUT2D eigenvalue weighted by Crippen LogP contribution is 2.40. The van der Waals surface area contributed by atoms with Gasteiger partial charge in [0.2, 0.25) is 11.8 Å². The Labute approximate surface area is 246 Å². The predicted molar refractivity (Wildman–Crippen MR) is 159 cm³/mol. The van der Waals surface area contributed by atoms with E-state index in [0.29, 0.717) is 30.8 Å². The molecule has 3 amide bonds. The zero-order valence-corrected chi connectivity index (χ0v) is 25.1. The molecule has 0 aromatic heterocycles. The summed E-state index contributed by atoms with van der Waals surface area (Å²) in [5, 5.41) is 15.5. The first kappa shape index (κ1) is 31.8. The van der Waals surface area contributed by atoms with Crippen LogP contribution >= 0.6 is 23.5 Å². The third-order valence-corrected chi connectivity index (χ3v) is 8.32. The summed E-state index contributed by atoms with van der Waals surface area (Å²) in [6.07, 6.45) is 0.226. The number of amides is 3. The topological polar surface area (TPSA) is 117 Å². The summed E-state index contributed by atoms with van der Waals surface area (Å²) in [4.78, 5) is 38.3. The number of benzene rings is 2. The highest BCUT2D eigenvalue weighted by molar-refractivity contribution is 7.99. The first-order valence-electron chi connectivity index (χ1n) is 13.6. The van der Waals surface area contributed by atoms with Crippen molar-refractivity contribution in [3.05, 3.63) is 70.7 Å². The van der Waals surface area contributed by atoms with E-state index in [2.05, 4.69) is 15.4 Å². The van der Waals surface area contributed by atoms with Gasteiger partial charge in [-0.05, 0) is 60.4 Å². The fourth-order valence-corrected chi connectivity index (χ4v) is 6.01. The Morgan fingerprint density at radius 1 is 1.18 bits per heavy atom. The number of aliphatic hydroxyl groups excluding tert-OH is 1. The number of hydrogen-bond acceptors (Lipinski definition) is 6. The Hall–Kier alpha value is -2.75. The van der Waals surface area contributed by atoms with Crippen LogP contribution in [0.2, 0.25) is 5.02 Å². The predicted octanol–water partition coefficient (Wildman–Crippen LogP) is 5.15. The molecule has 0 spiro atoms. The number of aliphatic hydroxyl groups is 1. The van der Waals surface area contributed by atoms with Crippen LogP contribution in [0.4, 0.5) is 4.79 Å². The molecular weight excluding hydrogens is 550 g/mol. The van der Waals surface area contributed by atoms with Crippen LogP contribution in [-0.2, 0) is 19.7 Å². The molecule has 2 aromatic carbocycles. The molecule has 0 aliphatic carbocycles. The summed E-state index contributed by atoms with van der Waals surface area (Å²) in [6.45, 7) is 8.29. The molecule has 40 heavy (non-hydrogen) atoms. The SMILES string of the molecule is CC(C)C[C@H](SNC(=O)O[C@H](c1ccccc1)C(C)(C)c1cccc(Cl)c1)C(=O)N[C@H](CO)C[C@@H]1CCNC1=O. The van der Waals surface area contributed by atoms with Crippen molar-refractivity contribution < 1.29 is 24.2 Å². The van der Waals surface area contributed by atoms with Gasteiger partial charge in [0.25, 0.3) is 0 Å². The summed E-state index contributed by atoms with van der Waals surface area (Å²) in [5.41, 5.74) is 1.12. The zero-order valence-electron chi connectivity index (χ0n) is 23.5. The van der Waals surface area contributed by atoms with E-state index in [9.17, 15) is 19.5 Å². The van der Waals surface area contributed by atoms with Gasteiger partial charge in [-0.2, -0.15) is 0 Å². The van der Waals surface area contributed by atoms with Crippen LogP contribution in [0.5, 0.6) is 0 Å². The van der Waals surface area contributed by atoms with Crippen LogP contribution in [0.3, 0.4) is 0 Å². The molecule has 0 radical (unpaired) electrons. The Bertz CT molecular complexity index is 1150. The van der Waals surface area contributed by atoms with E-state index in [1.807, 2.05) is 76.2 Å². The lowest BCUT2D eigenvalue weighted by Gasteiger charge is -2.35. The molecule has 0 bridgehead atoms. The van der Waals surface area contributed by atoms with Crippen molar-refractivity contribution in [2.24, 2.45) is 11.8 Å². The summed E-state index contributed by atoms with van der Waals surface area (Å²) in [7, 11) is 0. The second-order valence-corrected chi connectivity index (χ2v) is 12.6. The third kappa shape index (κ3) is 8.88. The van der Waals surface area contributed by atoms with Crippen molar-refractivity contribution in [1.29, 1.82) is 0 Å². The molecule has 1 saturated heterocycles. The molecule has 1 fully saturated rings. The maximum absolute atomic E-state index is 13.2. The lowest BCUT2D eigenvalue weighted by atomic mass is 9.76. The van der Waals surface area contributed by atoms with E-state index >= 15 is 0 Å². The third-order valence-electron chi connectivity index (χ3n) is 7.11. The maximum Gasteiger partial charge on any atom is 0.417 e. The van der Waals surface area contributed by atoms with Gasteiger partial charge in [-0.25, -0.2) is 4.79 Å². The van der Waals surface area contributed by atoms with E-state index in [-0.39, 0.29) is 30.3 Å². The van der Waals surface area contributed by atoms with Gasteiger partial charge in [0.15, 0.2) is 0 Å². The van der Waals surface area contributed by atoms with Crippen LogP contribution in [-0.4, -0.2) is 47.5 Å². The quantitative estimate of drug-likeness (QED) is 0.240. The largest absolute Gasteiger partial charge is 0.440 e. The van der Waals surface area contributed by atoms with E-state index in [0.717, 1.165) is 23.1 Å². The van der Waals surface area contributed by atoms with Crippen LogP contribution in [0, 0.1) is 11.8 Å². The Morgan fingerprint density at radius 2 is 1.90 bits per heavy atom. The number of halogens is 1. The van der Waals surface area contributed by atoms with Gasteiger partial charge in [0, 0.05) is 22.9 Å². The molecule has 4 N–H and O–H groups in total. The Kier molecular flexibility index (Phi) is 11.7. The average Bonchev–Trinajstić information content (AvgIpc) is 3.33. The smallest absolute Gasteiger partial charge is 0.417 e. The molecule has 1 aliphatic heterocycles. The lowest BCUT2D eigenvalue weighted by Crippen LogP contribution is -2.45. The fourth-order valence-electron chi connectivity index (χ4n) is 4.87. The van der Waals surface area contributed by atoms with Crippen molar-refractivity contribution in [3.63, 3.8) is 0 Å².